The van der Waals surface area contributed by atoms with Gasteiger partial charge in [0, 0.05) is 19.6 Å². The van der Waals surface area contributed by atoms with Crippen molar-refractivity contribution in [1.29, 1.82) is 0 Å². The molecule has 1 aliphatic rings. The van der Waals surface area contributed by atoms with Crippen LogP contribution in [0.1, 0.15) is 35.6 Å². The maximum Gasteiger partial charge on any atom is 0.0921 e. The van der Waals surface area contributed by atoms with Gasteiger partial charge in [0.2, 0.25) is 0 Å². The van der Waals surface area contributed by atoms with Crippen molar-refractivity contribution in [2.24, 2.45) is 0 Å². The number of hydrogen-bond acceptors (Lipinski definition) is 3. The summed E-state index contributed by atoms with van der Waals surface area (Å²) in [5, 5.41) is 22.4. The van der Waals surface area contributed by atoms with E-state index in [4.69, 9.17) is 23.2 Å². The fraction of sp³-hybridized carbons (Fsp3) is 0.400. The Hall–Kier alpha value is -1.10. The Morgan fingerprint density at radius 1 is 1.08 bits per heavy atom. The van der Waals surface area contributed by atoms with Crippen molar-refractivity contribution in [1.82, 2.24) is 4.90 Å². The average molecular weight is 380 g/mol. The molecule has 25 heavy (non-hydrogen) atoms. The van der Waals surface area contributed by atoms with Crippen LogP contribution in [0, 0.1) is 6.92 Å². The van der Waals surface area contributed by atoms with E-state index in [1.165, 1.54) is 0 Å². The second-order valence-electron chi connectivity index (χ2n) is 6.89. The van der Waals surface area contributed by atoms with E-state index in [1.54, 1.807) is 18.2 Å². The van der Waals surface area contributed by atoms with Gasteiger partial charge in [-0.3, -0.25) is 0 Å². The van der Waals surface area contributed by atoms with Crippen LogP contribution in [-0.4, -0.2) is 34.7 Å². The smallest absolute Gasteiger partial charge is 0.0921 e. The molecule has 1 atom stereocenters. The van der Waals surface area contributed by atoms with Gasteiger partial charge in [0.15, 0.2) is 0 Å². The van der Waals surface area contributed by atoms with E-state index >= 15 is 0 Å². The lowest BCUT2D eigenvalue weighted by atomic mass is 9.84. The van der Waals surface area contributed by atoms with Gasteiger partial charge in [0.1, 0.15) is 0 Å². The highest BCUT2D eigenvalue weighted by molar-refractivity contribution is 6.42. The normalized spacial score (nSPS) is 18.9. The van der Waals surface area contributed by atoms with Crippen molar-refractivity contribution in [3.05, 3.63) is 69.2 Å². The summed E-state index contributed by atoms with van der Waals surface area (Å²) < 4.78 is 0. The number of aliphatic hydroxyl groups excluding tert-OH is 1. The molecule has 2 aromatic rings. The molecule has 0 saturated carbocycles. The molecule has 5 heteroatoms. The zero-order valence-corrected chi connectivity index (χ0v) is 15.8. The Morgan fingerprint density at radius 2 is 1.80 bits per heavy atom. The number of β-amino-alcohol motifs (C(OH)–C–C–N with tert-alkyl or cyclic N) is 1. The minimum atomic E-state index is -0.781. The molecule has 0 radical (unpaired) electrons. The van der Waals surface area contributed by atoms with Gasteiger partial charge in [-0.1, -0.05) is 59.1 Å². The summed E-state index contributed by atoms with van der Waals surface area (Å²) >= 11 is 12.0. The minimum Gasteiger partial charge on any atom is -0.387 e. The SMILES string of the molecule is Cc1cccc(C2(O)CCN(C[C@H](O)c3ccc(Cl)c(Cl)c3)CC2)c1. The monoisotopic (exact) mass is 379 g/mol. The summed E-state index contributed by atoms with van der Waals surface area (Å²) in [6, 6.07) is 13.3. The second-order valence-corrected chi connectivity index (χ2v) is 7.71. The Kier molecular flexibility index (Phi) is 5.71. The van der Waals surface area contributed by atoms with Crippen LogP contribution in [0.3, 0.4) is 0 Å². The van der Waals surface area contributed by atoms with Gasteiger partial charge in [0.25, 0.3) is 0 Å². The summed E-state index contributed by atoms with van der Waals surface area (Å²) in [7, 11) is 0. The van der Waals surface area contributed by atoms with Gasteiger partial charge in [-0.25, -0.2) is 0 Å². The predicted octanol–water partition coefficient (Wildman–Crippen LogP) is 4.32. The van der Waals surface area contributed by atoms with E-state index in [2.05, 4.69) is 11.0 Å². The van der Waals surface area contributed by atoms with Gasteiger partial charge in [-0.2, -0.15) is 0 Å². The predicted molar refractivity (Wildman–Crippen MR) is 102 cm³/mol. The van der Waals surface area contributed by atoms with Gasteiger partial charge in [-0.05, 0) is 43.0 Å². The molecule has 2 N–H and O–H groups in total. The van der Waals surface area contributed by atoms with Crippen LogP contribution in [0.2, 0.25) is 10.0 Å². The van der Waals surface area contributed by atoms with Crippen molar-refractivity contribution in [3.63, 3.8) is 0 Å². The quantitative estimate of drug-likeness (QED) is 0.831. The van der Waals surface area contributed by atoms with Crippen LogP contribution in [0.25, 0.3) is 0 Å². The molecule has 0 amide bonds. The minimum absolute atomic E-state index is 0.450. The molecule has 0 bridgehead atoms. The van der Waals surface area contributed by atoms with Crippen LogP contribution in [0.5, 0.6) is 0 Å². The molecule has 1 fully saturated rings. The maximum absolute atomic E-state index is 11.0. The standard InChI is InChI=1S/C20H23Cl2NO2/c1-14-3-2-4-16(11-14)20(25)7-9-23(10-8-20)13-19(24)15-5-6-17(21)18(22)12-15/h2-6,11-12,19,24-25H,7-10,13H2,1H3/t19-/m0/s1. The molecule has 1 aliphatic heterocycles. The van der Waals surface area contributed by atoms with Crippen LogP contribution in [-0.2, 0) is 5.60 Å². The molecular formula is C20H23Cl2NO2. The molecule has 0 aliphatic carbocycles. The molecule has 0 spiro atoms. The summed E-state index contributed by atoms with van der Waals surface area (Å²) in [6.45, 7) is 4.03. The number of nitrogens with zero attached hydrogens (tertiary/aromatic N) is 1. The van der Waals surface area contributed by atoms with Crippen molar-refractivity contribution < 1.29 is 10.2 Å². The molecule has 3 rings (SSSR count). The molecular weight excluding hydrogens is 357 g/mol. The number of hydrogen-bond donors (Lipinski definition) is 2. The Balaban J connectivity index is 1.61. The third-order valence-corrected chi connectivity index (χ3v) is 5.74. The van der Waals surface area contributed by atoms with E-state index in [0.29, 0.717) is 29.4 Å². The van der Waals surface area contributed by atoms with Gasteiger partial charge in [-0.15, -0.1) is 0 Å². The first-order chi connectivity index (χ1) is 11.9. The van der Waals surface area contributed by atoms with Crippen molar-refractivity contribution >= 4 is 23.2 Å². The number of likely N-dealkylation sites (tertiary alicyclic amines) is 1. The Morgan fingerprint density at radius 3 is 2.44 bits per heavy atom. The van der Waals surface area contributed by atoms with Crippen LogP contribution < -0.4 is 0 Å². The molecule has 1 heterocycles. The second kappa shape index (κ2) is 7.65. The first-order valence-electron chi connectivity index (χ1n) is 8.52. The fourth-order valence-corrected chi connectivity index (χ4v) is 3.70. The van der Waals surface area contributed by atoms with E-state index in [9.17, 15) is 10.2 Å². The highest BCUT2D eigenvalue weighted by Gasteiger charge is 2.34. The van der Waals surface area contributed by atoms with Crippen LogP contribution in [0.15, 0.2) is 42.5 Å². The first-order valence-corrected chi connectivity index (χ1v) is 9.28. The summed E-state index contributed by atoms with van der Waals surface area (Å²) in [5.41, 5.74) is 2.12. The van der Waals surface area contributed by atoms with Gasteiger partial charge >= 0.3 is 0 Å². The Labute approximate surface area is 158 Å². The van der Waals surface area contributed by atoms with E-state index in [1.807, 2.05) is 25.1 Å². The lowest BCUT2D eigenvalue weighted by Crippen LogP contribution is -2.44. The maximum atomic E-state index is 11.0. The highest BCUT2D eigenvalue weighted by atomic mass is 35.5. The van der Waals surface area contributed by atoms with Crippen molar-refractivity contribution in [2.45, 2.75) is 31.5 Å². The van der Waals surface area contributed by atoms with E-state index < -0.39 is 11.7 Å². The molecule has 3 nitrogen and oxygen atoms in total. The highest BCUT2D eigenvalue weighted by Crippen LogP contribution is 2.34. The number of benzene rings is 2. The number of aliphatic hydroxyl groups is 2. The van der Waals surface area contributed by atoms with Crippen LogP contribution >= 0.6 is 23.2 Å². The Bertz CT molecular complexity index is 742. The topological polar surface area (TPSA) is 43.7 Å². The summed E-state index contributed by atoms with van der Waals surface area (Å²) in [5.74, 6) is 0. The van der Waals surface area contributed by atoms with E-state index in [-0.39, 0.29) is 0 Å². The third kappa shape index (κ3) is 4.36. The third-order valence-electron chi connectivity index (χ3n) is 5.00. The summed E-state index contributed by atoms with van der Waals surface area (Å²) in [6.07, 6.45) is 0.690. The lowest BCUT2D eigenvalue weighted by molar-refractivity contribution is -0.0345. The zero-order valence-electron chi connectivity index (χ0n) is 14.3. The summed E-state index contributed by atoms with van der Waals surface area (Å²) in [4.78, 5) is 2.18. The van der Waals surface area contributed by atoms with Crippen LogP contribution in [0.4, 0.5) is 0 Å². The van der Waals surface area contributed by atoms with Crippen molar-refractivity contribution in [3.8, 4) is 0 Å². The van der Waals surface area contributed by atoms with E-state index in [0.717, 1.165) is 29.8 Å². The first kappa shape index (κ1) is 18.7. The molecule has 1 saturated heterocycles. The lowest BCUT2D eigenvalue weighted by Gasteiger charge is -2.39. The number of rotatable bonds is 4. The zero-order chi connectivity index (χ0) is 18.0. The molecule has 134 valence electrons. The number of halogens is 2. The number of piperidine rings is 1. The largest absolute Gasteiger partial charge is 0.387 e. The van der Waals surface area contributed by atoms with Crippen molar-refractivity contribution in [2.75, 3.05) is 19.6 Å². The fourth-order valence-electron chi connectivity index (χ4n) is 3.40. The van der Waals surface area contributed by atoms with Gasteiger partial charge < -0.3 is 15.1 Å². The number of aryl methyl sites for hydroxylation is 1. The molecule has 0 unspecified atom stereocenters. The molecule has 0 aromatic heterocycles. The van der Waals surface area contributed by atoms with Gasteiger partial charge in [0.05, 0.1) is 21.8 Å². The molecule has 2 aromatic carbocycles. The average Bonchev–Trinajstić information content (AvgIpc) is 2.59.